The van der Waals surface area contributed by atoms with Crippen LogP contribution in [-0.4, -0.2) is 26.9 Å². The number of carbonyl (C=O) groups excluding carboxylic acids is 1. The van der Waals surface area contributed by atoms with Crippen molar-refractivity contribution in [2.45, 2.75) is 32.7 Å². The van der Waals surface area contributed by atoms with Crippen molar-refractivity contribution < 1.29 is 4.79 Å². The van der Waals surface area contributed by atoms with Crippen LogP contribution in [0.15, 0.2) is 48.7 Å². The Morgan fingerprint density at radius 3 is 2.86 bits per heavy atom. The quantitative estimate of drug-likeness (QED) is 0.410. The number of rotatable bonds is 6. The molecule has 0 bridgehead atoms. The number of imidazole rings is 1. The van der Waals surface area contributed by atoms with Gasteiger partial charge in [-0.3, -0.25) is 4.79 Å². The molecule has 0 saturated heterocycles. The first-order valence-electron chi connectivity index (χ1n) is 9.65. The van der Waals surface area contributed by atoms with Gasteiger partial charge in [0.15, 0.2) is 0 Å². The van der Waals surface area contributed by atoms with Gasteiger partial charge >= 0.3 is 0 Å². The molecule has 0 aliphatic rings. The van der Waals surface area contributed by atoms with Gasteiger partial charge in [-0.25, -0.2) is 4.98 Å². The zero-order valence-corrected chi connectivity index (χ0v) is 16.1. The first kappa shape index (κ1) is 18.3. The Bertz CT molecular complexity index is 1130. The molecule has 28 heavy (non-hydrogen) atoms. The Labute approximate surface area is 163 Å². The van der Waals surface area contributed by atoms with Crippen LogP contribution in [0.25, 0.3) is 21.9 Å². The summed E-state index contributed by atoms with van der Waals surface area (Å²) in [7, 11) is 0. The minimum atomic E-state index is -0.514. The highest BCUT2D eigenvalue weighted by molar-refractivity contribution is 5.96. The number of anilines is 1. The van der Waals surface area contributed by atoms with Gasteiger partial charge in [-0.15, -0.1) is 0 Å². The highest BCUT2D eigenvalue weighted by Gasteiger charge is 2.19. The second-order valence-corrected chi connectivity index (χ2v) is 7.35. The lowest BCUT2D eigenvalue weighted by atomic mass is 9.99. The van der Waals surface area contributed by atoms with Crippen LogP contribution in [0.5, 0.6) is 0 Å². The summed E-state index contributed by atoms with van der Waals surface area (Å²) in [6.07, 6.45) is 3.60. The van der Waals surface area contributed by atoms with E-state index in [1.165, 1.54) is 10.9 Å². The molecule has 4 aromatic rings. The molecular formula is C22H25N5O. The fraction of sp³-hybridized carbons (Fsp3) is 0.273. The molecule has 0 aliphatic carbocycles. The van der Waals surface area contributed by atoms with Crippen LogP contribution >= 0.6 is 0 Å². The molecular weight excluding hydrogens is 350 g/mol. The van der Waals surface area contributed by atoms with Gasteiger partial charge in [0, 0.05) is 29.2 Å². The maximum absolute atomic E-state index is 12.3. The van der Waals surface area contributed by atoms with Crippen molar-refractivity contribution >= 4 is 33.5 Å². The summed E-state index contributed by atoms with van der Waals surface area (Å²) >= 11 is 0. The fourth-order valence-electron chi connectivity index (χ4n) is 3.42. The molecule has 6 nitrogen and oxygen atoms in total. The zero-order chi connectivity index (χ0) is 19.7. The maximum atomic E-state index is 12.3. The Morgan fingerprint density at radius 2 is 2.04 bits per heavy atom. The molecule has 0 fully saturated rings. The average molecular weight is 375 g/mol. The van der Waals surface area contributed by atoms with E-state index in [-0.39, 0.29) is 11.8 Å². The summed E-state index contributed by atoms with van der Waals surface area (Å²) < 4.78 is 0. The highest BCUT2D eigenvalue weighted by Crippen LogP contribution is 2.23. The zero-order valence-electron chi connectivity index (χ0n) is 16.1. The summed E-state index contributed by atoms with van der Waals surface area (Å²) in [6.45, 7) is 4.02. The maximum Gasteiger partial charge on any atom is 0.241 e. The van der Waals surface area contributed by atoms with Crippen LogP contribution in [0.1, 0.15) is 31.7 Å². The molecule has 6 heteroatoms. The first-order chi connectivity index (χ1) is 13.5. The second-order valence-electron chi connectivity index (χ2n) is 7.35. The van der Waals surface area contributed by atoms with Gasteiger partial charge in [0.25, 0.3) is 0 Å². The van der Waals surface area contributed by atoms with Crippen molar-refractivity contribution in [3.8, 4) is 0 Å². The van der Waals surface area contributed by atoms with E-state index in [9.17, 15) is 4.79 Å². The van der Waals surface area contributed by atoms with Crippen LogP contribution in [0, 0.1) is 5.92 Å². The number of nitrogens with two attached hydrogens (primary N) is 1. The van der Waals surface area contributed by atoms with E-state index in [4.69, 9.17) is 5.73 Å². The van der Waals surface area contributed by atoms with Crippen LogP contribution in [0.4, 0.5) is 5.69 Å². The fourth-order valence-corrected chi connectivity index (χ4v) is 3.42. The number of para-hydroxylation sites is 1. The number of nitrogens with zero attached hydrogens (tertiary/aromatic N) is 1. The molecule has 2 aromatic carbocycles. The van der Waals surface area contributed by atoms with Gasteiger partial charge in [-0.2, -0.15) is 0 Å². The van der Waals surface area contributed by atoms with E-state index in [2.05, 4.69) is 32.4 Å². The molecule has 0 saturated carbocycles. The van der Waals surface area contributed by atoms with Gasteiger partial charge in [0.05, 0.1) is 17.1 Å². The molecule has 0 spiro atoms. The van der Waals surface area contributed by atoms with Crippen molar-refractivity contribution in [1.29, 1.82) is 0 Å². The lowest BCUT2D eigenvalue weighted by Gasteiger charge is -2.17. The van der Waals surface area contributed by atoms with Crippen LogP contribution < -0.4 is 11.1 Å². The van der Waals surface area contributed by atoms with Crippen LogP contribution in [0.2, 0.25) is 0 Å². The number of aromatic nitrogens is 3. The molecule has 4 rings (SSSR count). The number of H-pyrrole nitrogens is 2. The van der Waals surface area contributed by atoms with Crippen molar-refractivity contribution in [3.63, 3.8) is 0 Å². The highest BCUT2D eigenvalue weighted by atomic mass is 16.2. The Balaban J connectivity index is 1.54. The van der Waals surface area contributed by atoms with Gasteiger partial charge in [-0.05, 0) is 35.7 Å². The normalized spacial score (nSPS) is 13.7. The smallest absolute Gasteiger partial charge is 0.241 e. The summed E-state index contributed by atoms with van der Waals surface area (Å²) in [5.74, 6) is 0.866. The van der Waals surface area contributed by atoms with Gasteiger partial charge in [0.2, 0.25) is 5.91 Å². The Hall–Kier alpha value is -3.12. The lowest BCUT2D eigenvalue weighted by Crippen LogP contribution is -2.40. The minimum Gasteiger partial charge on any atom is -0.361 e. The molecule has 144 valence electrons. The van der Waals surface area contributed by atoms with E-state index in [0.29, 0.717) is 6.42 Å². The van der Waals surface area contributed by atoms with Crippen molar-refractivity contribution in [2.75, 3.05) is 5.32 Å². The van der Waals surface area contributed by atoms with Gasteiger partial charge in [0.1, 0.15) is 5.82 Å². The van der Waals surface area contributed by atoms with Gasteiger partial charge < -0.3 is 21.0 Å². The van der Waals surface area contributed by atoms with E-state index >= 15 is 0 Å². The number of amides is 1. The third kappa shape index (κ3) is 3.51. The minimum absolute atomic E-state index is 0.138. The molecule has 0 radical (unpaired) electrons. The molecule has 2 heterocycles. The van der Waals surface area contributed by atoms with E-state index in [1.807, 2.05) is 50.4 Å². The molecule has 2 aromatic heterocycles. The van der Waals surface area contributed by atoms with Crippen LogP contribution in [0.3, 0.4) is 0 Å². The van der Waals surface area contributed by atoms with Crippen LogP contribution in [-0.2, 0) is 11.2 Å². The van der Waals surface area contributed by atoms with Gasteiger partial charge in [-0.1, -0.05) is 38.5 Å². The predicted molar refractivity (Wildman–Crippen MR) is 113 cm³/mol. The van der Waals surface area contributed by atoms with Crippen molar-refractivity contribution in [3.05, 3.63) is 60.0 Å². The average Bonchev–Trinajstić information content (AvgIpc) is 3.30. The molecule has 0 unspecified atom stereocenters. The summed E-state index contributed by atoms with van der Waals surface area (Å²) in [5, 5.41) is 4.11. The molecule has 1 amide bonds. The number of hydrogen-bond acceptors (Lipinski definition) is 3. The number of aromatic amines is 2. The molecule has 5 N–H and O–H groups in total. The van der Waals surface area contributed by atoms with Crippen molar-refractivity contribution in [2.24, 2.45) is 11.7 Å². The SMILES string of the molecule is CC[C@H](C)[C@H](N)C(=O)Nc1ccc2nc(Cc3c[nH]c4ccccc34)[nH]c2c1. The predicted octanol–water partition coefficient (Wildman–Crippen LogP) is 3.95. The Morgan fingerprint density at radius 1 is 1.21 bits per heavy atom. The molecule has 2 atom stereocenters. The number of hydrogen-bond donors (Lipinski definition) is 4. The first-order valence-corrected chi connectivity index (χ1v) is 9.65. The van der Waals surface area contributed by atoms with E-state index in [0.717, 1.165) is 34.5 Å². The Kier molecular flexibility index (Phi) is 4.88. The summed E-state index contributed by atoms with van der Waals surface area (Å²) in [6, 6.07) is 13.4. The standard InChI is InChI=1S/C22H25N5O/c1-3-13(2)21(23)22(28)25-15-8-9-18-19(11-15)27-20(26-18)10-14-12-24-17-7-5-4-6-16(14)17/h4-9,11-13,21,24H,3,10,23H2,1-2H3,(H,25,28)(H,26,27)/t13-,21-/m0/s1. The summed E-state index contributed by atoms with van der Waals surface area (Å²) in [4.78, 5) is 23.7. The van der Waals surface area contributed by atoms with E-state index in [1.54, 1.807) is 0 Å². The number of nitrogens with one attached hydrogen (secondary N) is 3. The third-order valence-electron chi connectivity index (χ3n) is 5.39. The van der Waals surface area contributed by atoms with Crippen molar-refractivity contribution in [1.82, 2.24) is 15.0 Å². The number of carbonyl (C=O) groups is 1. The van der Waals surface area contributed by atoms with E-state index < -0.39 is 6.04 Å². The molecule has 0 aliphatic heterocycles. The number of benzene rings is 2. The third-order valence-corrected chi connectivity index (χ3v) is 5.39. The monoisotopic (exact) mass is 375 g/mol. The lowest BCUT2D eigenvalue weighted by molar-refractivity contribution is -0.118. The largest absolute Gasteiger partial charge is 0.361 e. The number of fused-ring (bicyclic) bond motifs is 2. The topological polar surface area (TPSA) is 99.6 Å². The summed E-state index contributed by atoms with van der Waals surface area (Å²) in [5.41, 5.74) is 10.8. The second kappa shape index (κ2) is 7.48.